The highest BCUT2D eigenvalue weighted by molar-refractivity contribution is 6.28. The molecule has 44 heavy (non-hydrogen) atoms. The molecule has 2 N–H and O–H groups in total. The lowest BCUT2D eigenvalue weighted by Gasteiger charge is -2.41. The number of carbonyl (C=O) groups is 2. The first-order valence-electron chi connectivity index (χ1n) is 16.2. The maximum absolute atomic E-state index is 13.8. The molecule has 4 aromatic rings. The number of hydrogen-bond acceptors (Lipinski definition) is 7. The van der Waals surface area contributed by atoms with Gasteiger partial charge < -0.3 is 19.8 Å². The van der Waals surface area contributed by atoms with Gasteiger partial charge in [-0.25, -0.2) is 4.79 Å². The molecule has 1 saturated heterocycles. The number of aromatic carboxylic acids is 1. The van der Waals surface area contributed by atoms with E-state index in [1.807, 2.05) is 44.2 Å². The first kappa shape index (κ1) is 31.3. The average molecular weight is 597 g/mol. The van der Waals surface area contributed by atoms with Crippen LogP contribution in [-0.4, -0.2) is 59.1 Å². The number of carboxylic acid groups (broad SMARTS) is 1. The Morgan fingerprint density at radius 2 is 1.59 bits per heavy atom. The number of anilines is 3. The lowest BCUT2D eigenvalue weighted by atomic mass is 9.86. The third kappa shape index (κ3) is 6.09. The molecule has 8 heteroatoms. The fourth-order valence-electron chi connectivity index (χ4n) is 6.51. The molecule has 0 atom stereocenters. The molecule has 0 bridgehead atoms. The van der Waals surface area contributed by atoms with Crippen LogP contribution in [-0.2, 0) is 0 Å². The third-order valence-electron chi connectivity index (χ3n) is 8.54. The Kier molecular flexibility index (Phi) is 10.0. The molecular formula is C36H44N4O4. The summed E-state index contributed by atoms with van der Waals surface area (Å²) in [6.07, 6.45) is 7.84. The Morgan fingerprint density at radius 1 is 0.955 bits per heavy atom. The van der Waals surface area contributed by atoms with E-state index in [1.165, 1.54) is 38.5 Å². The number of rotatable bonds is 5. The predicted octanol–water partition coefficient (Wildman–Crippen LogP) is 8.38. The summed E-state index contributed by atoms with van der Waals surface area (Å²) in [6, 6.07) is 16.7. The van der Waals surface area contributed by atoms with Crippen molar-refractivity contribution >= 4 is 39.7 Å². The molecule has 0 amide bonds. The Bertz CT molecular complexity index is 1600. The first-order chi connectivity index (χ1) is 21.5. The predicted molar refractivity (Wildman–Crippen MR) is 178 cm³/mol. The molecule has 1 aliphatic heterocycles. The van der Waals surface area contributed by atoms with E-state index in [0.717, 1.165) is 42.8 Å². The largest absolute Gasteiger partial charge is 0.478 e. The highest BCUT2D eigenvalue weighted by Crippen LogP contribution is 2.46. The number of nitrogens with one attached hydrogen (secondary N) is 1. The van der Waals surface area contributed by atoms with Crippen molar-refractivity contribution in [3.63, 3.8) is 0 Å². The maximum atomic E-state index is 13.8. The summed E-state index contributed by atoms with van der Waals surface area (Å²) in [5.41, 5.74) is 5.11. The van der Waals surface area contributed by atoms with Crippen LogP contribution in [0.1, 0.15) is 92.5 Å². The summed E-state index contributed by atoms with van der Waals surface area (Å²) >= 11 is 0. The van der Waals surface area contributed by atoms with Crippen molar-refractivity contribution in [2.24, 2.45) is 0 Å². The number of nitrogens with zero attached hydrogens (tertiary/aromatic N) is 3. The van der Waals surface area contributed by atoms with Gasteiger partial charge in [0, 0.05) is 49.0 Å². The van der Waals surface area contributed by atoms with Gasteiger partial charge in [0.25, 0.3) is 0 Å². The molecule has 8 nitrogen and oxygen atoms in total. The van der Waals surface area contributed by atoms with Gasteiger partial charge in [0.2, 0.25) is 0 Å². The third-order valence-corrected chi connectivity index (χ3v) is 8.54. The van der Waals surface area contributed by atoms with Crippen LogP contribution in [0.3, 0.4) is 0 Å². The van der Waals surface area contributed by atoms with Crippen LogP contribution in [0, 0.1) is 0 Å². The quantitative estimate of drug-likeness (QED) is 0.209. The number of carboxylic acids is 1. The second-order valence-corrected chi connectivity index (χ2v) is 11.5. The smallest absolute Gasteiger partial charge is 0.335 e. The number of aromatic nitrogens is 1. The molecule has 7 rings (SSSR count). The molecule has 0 spiro atoms. The fourth-order valence-corrected chi connectivity index (χ4v) is 6.51. The zero-order valence-electron chi connectivity index (χ0n) is 26.4. The topological polar surface area (TPSA) is 98.9 Å². The minimum Gasteiger partial charge on any atom is -0.478 e. The van der Waals surface area contributed by atoms with Gasteiger partial charge in [-0.05, 0) is 43.2 Å². The van der Waals surface area contributed by atoms with E-state index in [2.05, 4.69) is 34.1 Å². The fraction of sp³-hybridized carbons (Fsp3) is 0.417. The number of ketones is 1. The summed E-state index contributed by atoms with van der Waals surface area (Å²) in [5.74, 6) is -0.444. The molecule has 0 radical (unpaired) electrons. The number of carbonyl (C=O) groups excluding carboxylic acids is 1. The summed E-state index contributed by atoms with van der Waals surface area (Å²) < 4.78 is 5.93. The van der Waals surface area contributed by atoms with Crippen LogP contribution >= 0.6 is 0 Å². The van der Waals surface area contributed by atoms with Gasteiger partial charge in [-0.3, -0.25) is 9.69 Å². The molecular weight excluding hydrogens is 552 g/mol. The van der Waals surface area contributed by atoms with E-state index >= 15 is 0 Å². The Morgan fingerprint density at radius 3 is 2.23 bits per heavy atom. The average Bonchev–Trinajstić information content (AvgIpc) is 3.51. The van der Waals surface area contributed by atoms with Crippen molar-refractivity contribution < 1.29 is 19.2 Å². The van der Waals surface area contributed by atoms with Gasteiger partial charge in [-0.15, -0.1) is 0 Å². The van der Waals surface area contributed by atoms with Gasteiger partial charge >= 0.3 is 5.97 Å². The summed E-state index contributed by atoms with van der Waals surface area (Å²) in [7, 11) is 0. The van der Waals surface area contributed by atoms with Crippen LogP contribution in [0.15, 0.2) is 59.1 Å². The normalized spacial score (nSPS) is 16.4. The van der Waals surface area contributed by atoms with E-state index in [0.29, 0.717) is 39.8 Å². The van der Waals surface area contributed by atoms with Crippen LogP contribution in [0.5, 0.6) is 0 Å². The van der Waals surface area contributed by atoms with Crippen molar-refractivity contribution in [2.45, 2.75) is 72.3 Å². The second kappa shape index (κ2) is 14.1. The van der Waals surface area contributed by atoms with Gasteiger partial charge in [-0.1, -0.05) is 82.8 Å². The van der Waals surface area contributed by atoms with Gasteiger partial charge in [0.1, 0.15) is 5.52 Å². The molecule has 2 aliphatic carbocycles. The van der Waals surface area contributed by atoms with E-state index < -0.39 is 5.97 Å². The van der Waals surface area contributed by atoms with Crippen molar-refractivity contribution in [1.82, 2.24) is 10.1 Å². The zero-order chi connectivity index (χ0) is 31.2. The standard InChI is InChI=1S/C31H30N4O4.C3H8.C2H6/c36-29-22-8-4-5-9-23(22)30-27-26(29)24(32-20-12-10-19(11-13-20)31(37)38)18-25(28(27)33-39-30)35-16-14-34(15-17-35)21-6-2-1-3-7-21;1-3-2;1-2/h4-5,8-13,18,21,32H,1-3,6-7,14-17H2,(H,37,38);3H2,1-2H3;1-2H3. The molecule has 232 valence electrons. The summed E-state index contributed by atoms with van der Waals surface area (Å²) in [5, 5.41) is 18.0. The van der Waals surface area contributed by atoms with Gasteiger partial charge in [-0.2, -0.15) is 0 Å². The van der Waals surface area contributed by atoms with Crippen molar-refractivity contribution in [1.29, 1.82) is 0 Å². The van der Waals surface area contributed by atoms with E-state index in [4.69, 9.17) is 4.52 Å². The van der Waals surface area contributed by atoms with Crippen LogP contribution in [0.2, 0.25) is 0 Å². The molecule has 2 heterocycles. The van der Waals surface area contributed by atoms with E-state index in [1.54, 1.807) is 24.3 Å². The monoisotopic (exact) mass is 596 g/mol. The second-order valence-electron chi connectivity index (χ2n) is 11.5. The minimum absolute atomic E-state index is 0.0791. The Hall–Kier alpha value is -4.17. The summed E-state index contributed by atoms with van der Waals surface area (Å²) in [4.78, 5) is 30.2. The molecule has 3 aliphatic rings. The van der Waals surface area contributed by atoms with Crippen molar-refractivity contribution in [3.05, 3.63) is 71.3 Å². The first-order valence-corrected chi connectivity index (χ1v) is 16.2. The summed E-state index contributed by atoms with van der Waals surface area (Å²) in [6.45, 7) is 12.0. The molecule has 1 aromatic heterocycles. The number of benzene rings is 3. The lowest BCUT2D eigenvalue weighted by Crippen LogP contribution is -2.51. The SMILES string of the molecule is CC.CCC.O=C(O)c1ccc(Nc2cc(N3CCN(C4CCCCC4)CC3)c3noc4c3c2C(=O)c2ccccc2-4)cc1. The number of fused-ring (bicyclic) bond motifs is 2. The van der Waals surface area contributed by atoms with Crippen molar-refractivity contribution in [3.8, 4) is 11.3 Å². The number of piperazine rings is 1. The van der Waals surface area contributed by atoms with Gasteiger partial charge in [0.15, 0.2) is 11.5 Å². The van der Waals surface area contributed by atoms with Crippen LogP contribution in [0.4, 0.5) is 17.1 Å². The molecule has 0 unspecified atom stereocenters. The van der Waals surface area contributed by atoms with Crippen molar-refractivity contribution in [2.75, 3.05) is 36.4 Å². The molecule has 2 fully saturated rings. The molecule has 3 aromatic carbocycles. The van der Waals surface area contributed by atoms with Crippen LogP contribution < -0.4 is 10.2 Å². The number of hydrogen-bond donors (Lipinski definition) is 2. The Labute approximate surface area is 260 Å². The highest BCUT2D eigenvalue weighted by Gasteiger charge is 2.34. The zero-order valence-corrected chi connectivity index (χ0v) is 26.4. The minimum atomic E-state index is -0.978. The van der Waals surface area contributed by atoms with E-state index in [-0.39, 0.29) is 11.3 Å². The van der Waals surface area contributed by atoms with Gasteiger partial charge in [0.05, 0.1) is 27.9 Å². The maximum Gasteiger partial charge on any atom is 0.335 e. The lowest BCUT2D eigenvalue weighted by molar-refractivity contribution is 0.0696. The van der Waals surface area contributed by atoms with Crippen LogP contribution in [0.25, 0.3) is 22.2 Å². The highest BCUT2D eigenvalue weighted by atomic mass is 16.5. The van der Waals surface area contributed by atoms with E-state index in [9.17, 15) is 14.7 Å². The Balaban J connectivity index is 0.000000726. The molecule has 1 saturated carbocycles.